The summed E-state index contributed by atoms with van der Waals surface area (Å²) in [6.45, 7) is 2.83. The summed E-state index contributed by atoms with van der Waals surface area (Å²) >= 11 is 0. The Morgan fingerprint density at radius 3 is 2.56 bits per heavy atom. The molecule has 0 saturated carbocycles. The van der Waals surface area contributed by atoms with Gasteiger partial charge >= 0.3 is 0 Å². The van der Waals surface area contributed by atoms with E-state index >= 15 is 0 Å². The molecule has 0 fully saturated rings. The number of carbonyl (C=O) groups is 2. The molecule has 0 aliphatic rings. The molecule has 2 rings (SSSR count). The number of carboxylic acids is 1. The van der Waals surface area contributed by atoms with Crippen LogP contribution in [0.3, 0.4) is 0 Å². The van der Waals surface area contributed by atoms with E-state index in [2.05, 4.69) is 12.2 Å². The van der Waals surface area contributed by atoms with Crippen LogP contribution in [0.5, 0.6) is 0 Å². The second-order valence-corrected chi connectivity index (χ2v) is 6.32. The molecule has 0 unspecified atom stereocenters. The maximum atomic E-state index is 12.2. The Hall–Kier alpha value is -2.40. The molecule has 0 aromatic heterocycles. The van der Waals surface area contributed by atoms with Crippen molar-refractivity contribution in [1.82, 2.24) is 0 Å². The zero-order valence-electron chi connectivity index (χ0n) is 14.7. The van der Waals surface area contributed by atoms with Crippen LogP contribution in [0, 0.1) is 0 Å². The Kier molecular flexibility index (Phi) is 7.41. The summed E-state index contributed by atoms with van der Waals surface area (Å²) in [7, 11) is 0. The SMILES string of the molecule is CCCCCC[NH2+][C@@H](CC(=O)Nc1ccc2ccccc2c1)C(=O)[O-]. The van der Waals surface area contributed by atoms with E-state index in [4.69, 9.17) is 0 Å². The summed E-state index contributed by atoms with van der Waals surface area (Å²) in [5.41, 5.74) is 0.670. The van der Waals surface area contributed by atoms with Gasteiger partial charge in [0.15, 0.2) is 0 Å². The summed E-state index contributed by atoms with van der Waals surface area (Å²) in [5, 5.41) is 17.9. The second kappa shape index (κ2) is 9.79. The van der Waals surface area contributed by atoms with Gasteiger partial charge in [0.05, 0.1) is 18.9 Å². The number of nitrogens with two attached hydrogens (primary N) is 1. The van der Waals surface area contributed by atoms with Gasteiger partial charge < -0.3 is 20.5 Å². The van der Waals surface area contributed by atoms with E-state index in [0.29, 0.717) is 12.2 Å². The lowest BCUT2D eigenvalue weighted by Gasteiger charge is -2.16. The number of quaternary nitrogens is 1. The lowest BCUT2D eigenvalue weighted by Crippen LogP contribution is -2.93. The van der Waals surface area contributed by atoms with Crippen molar-refractivity contribution in [3.63, 3.8) is 0 Å². The fourth-order valence-electron chi connectivity index (χ4n) is 2.83. The third-order valence-electron chi connectivity index (χ3n) is 4.25. The average Bonchev–Trinajstić information content (AvgIpc) is 2.60. The largest absolute Gasteiger partial charge is 0.544 e. The molecule has 0 aliphatic carbocycles. The number of hydrogen-bond donors (Lipinski definition) is 2. The average molecular weight is 342 g/mol. The van der Waals surface area contributed by atoms with Crippen LogP contribution in [0.25, 0.3) is 10.8 Å². The lowest BCUT2D eigenvalue weighted by molar-refractivity contribution is -0.682. The van der Waals surface area contributed by atoms with Gasteiger partial charge in [-0.15, -0.1) is 0 Å². The Bertz CT molecular complexity index is 715. The van der Waals surface area contributed by atoms with Crippen LogP contribution in [0.2, 0.25) is 0 Å². The van der Waals surface area contributed by atoms with E-state index < -0.39 is 12.0 Å². The van der Waals surface area contributed by atoms with Crippen LogP contribution in [-0.2, 0) is 9.59 Å². The number of amides is 1. The van der Waals surface area contributed by atoms with Gasteiger partial charge in [-0.1, -0.05) is 50.1 Å². The molecule has 5 nitrogen and oxygen atoms in total. The molecule has 134 valence electrons. The van der Waals surface area contributed by atoms with E-state index in [1.165, 1.54) is 0 Å². The van der Waals surface area contributed by atoms with Crippen LogP contribution in [0.15, 0.2) is 42.5 Å². The summed E-state index contributed by atoms with van der Waals surface area (Å²) in [6, 6.07) is 12.7. The normalized spacial score (nSPS) is 12.0. The molecule has 2 aromatic rings. The first-order valence-corrected chi connectivity index (χ1v) is 8.93. The van der Waals surface area contributed by atoms with Gasteiger partial charge in [-0.05, 0) is 35.7 Å². The molecule has 1 amide bonds. The van der Waals surface area contributed by atoms with E-state index in [1.807, 2.05) is 42.5 Å². The molecule has 3 N–H and O–H groups in total. The van der Waals surface area contributed by atoms with Crippen LogP contribution < -0.4 is 15.7 Å². The van der Waals surface area contributed by atoms with Crippen LogP contribution in [0.1, 0.15) is 39.0 Å². The quantitative estimate of drug-likeness (QED) is 0.641. The molecule has 0 radical (unpaired) electrons. The Balaban J connectivity index is 1.87. The van der Waals surface area contributed by atoms with Crippen molar-refractivity contribution in [3.05, 3.63) is 42.5 Å². The monoisotopic (exact) mass is 342 g/mol. The van der Waals surface area contributed by atoms with E-state index in [0.717, 1.165) is 36.5 Å². The van der Waals surface area contributed by atoms with Crippen molar-refractivity contribution in [2.45, 2.75) is 45.1 Å². The Labute approximate surface area is 148 Å². The van der Waals surface area contributed by atoms with E-state index in [9.17, 15) is 14.7 Å². The predicted molar refractivity (Wildman–Crippen MR) is 96.9 cm³/mol. The third-order valence-corrected chi connectivity index (χ3v) is 4.25. The minimum Gasteiger partial charge on any atom is -0.544 e. The van der Waals surface area contributed by atoms with Gasteiger partial charge in [-0.2, -0.15) is 0 Å². The van der Waals surface area contributed by atoms with Gasteiger partial charge in [0.1, 0.15) is 6.04 Å². The number of benzene rings is 2. The third kappa shape index (κ3) is 6.19. The van der Waals surface area contributed by atoms with Crippen LogP contribution in [0.4, 0.5) is 5.69 Å². The zero-order chi connectivity index (χ0) is 18.1. The number of aliphatic carboxylic acids is 1. The standard InChI is InChI=1S/C20H26N2O3/c1-2-3-4-7-12-21-18(20(24)25)14-19(23)22-17-11-10-15-8-5-6-9-16(15)13-17/h5-6,8-11,13,18,21H,2-4,7,12,14H2,1H3,(H,22,23)(H,24,25)/t18-/m0/s1. The van der Waals surface area contributed by atoms with Crippen LogP contribution in [-0.4, -0.2) is 24.5 Å². The van der Waals surface area contributed by atoms with E-state index in [-0.39, 0.29) is 12.3 Å². The highest BCUT2D eigenvalue weighted by molar-refractivity contribution is 5.96. The fourth-order valence-corrected chi connectivity index (χ4v) is 2.83. The minimum absolute atomic E-state index is 0.0943. The van der Waals surface area contributed by atoms with Crippen molar-refractivity contribution in [3.8, 4) is 0 Å². The first-order valence-electron chi connectivity index (χ1n) is 8.93. The van der Waals surface area contributed by atoms with Gasteiger partial charge in [0, 0.05) is 5.69 Å². The number of carbonyl (C=O) groups excluding carboxylic acids is 2. The lowest BCUT2D eigenvalue weighted by atomic mass is 10.1. The molecular formula is C20H26N2O3. The highest BCUT2D eigenvalue weighted by Crippen LogP contribution is 2.18. The highest BCUT2D eigenvalue weighted by atomic mass is 16.4. The number of unbranched alkanes of at least 4 members (excludes halogenated alkanes) is 3. The smallest absolute Gasteiger partial charge is 0.230 e. The summed E-state index contributed by atoms with van der Waals surface area (Å²) in [5.74, 6) is -1.50. The Morgan fingerprint density at radius 1 is 1.08 bits per heavy atom. The molecule has 0 aliphatic heterocycles. The molecule has 5 heteroatoms. The number of anilines is 1. The molecule has 0 heterocycles. The molecule has 0 saturated heterocycles. The molecule has 2 aromatic carbocycles. The molecule has 25 heavy (non-hydrogen) atoms. The van der Waals surface area contributed by atoms with Crippen molar-refractivity contribution >= 4 is 28.3 Å². The van der Waals surface area contributed by atoms with Gasteiger partial charge in [-0.3, -0.25) is 4.79 Å². The van der Waals surface area contributed by atoms with Gasteiger partial charge in [0.25, 0.3) is 0 Å². The van der Waals surface area contributed by atoms with Crippen LogP contribution >= 0.6 is 0 Å². The molecule has 0 bridgehead atoms. The first kappa shape index (κ1) is 18.9. The first-order chi connectivity index (χ1) is 12.1. The minimum atomic E-state index is -1.19. The summed E-state index contributed by atoms with van der Waals surface area (Å²) in [4.78, 5) is 23.4. The Morgan fingerprint density at radius 2 is 1.84 bits per heavy atom. The van der Waals surface area contributed by atoms with Crippen molar-refractivity contribution in [2.75, 3.05) is 11.9 Å². The number of carboxylic acid groups (broad SMARTS) is 1. The summed E-state index contributed by atoms with van der Waals surface area (Å²) < 4.78 is 0. The number of nitrogens with one attached hydrogen (secondary N) is 1. The maximum absolute atomic E-state index is 12.2. The number of fused-ring (bicyclic) bond motifs is 1. The molecule has 0 spiro atoms. The topological polar surface area (TPSA) is 85.8 Å². The second-order valence-electron chi connectivity index (χ2n) is 6.32. The van der Waals surface area contributed by atoms with Crippen molar-refractivity contribution in [1.29, 1.82) is 0 Å². The number of hydrogen-bond acceptors (Lipinski definition) is 3. The van der Waals surface area contributed by atoms with Crippen molar-refractivity contribution < 1.29 is 20.0 Å². The zero-order valence-corrected chi connectivity index (χ0v) is 14.7. The van der Waals surface area contributed by atoms with E-state index in [1.54, 1.807) is 5.32 Å². The number of rotatable bonds is 10. The fraction of sp³-hybridized carbons (Fsp3) is 0.400. The highest BCUT2D eigenvalue weighted by Gasteiger charge is 2.18. The predicted octanol–water partition coefficient (Wildman–Crippen LogP) is 1.43. The maximum Gasteiger partial charge on any atom is 0.230 e. The summed E-state index contributed by atoms with van der Waals surface area (Å²) in [6.07, 6.45) is 4.22. The van der Waals surface area contributed by atoms with Crippen molar-refractivity contribution in [2.24, 2.45) is 0 Å². The van der Waals surface area contributed by atoms with Gasteiger partial charge in [0.2, 0.25) is 5.91 Å². The molecular weight excluding hydrogens is 316 g/mol. The van der Waals surface area contributed by atoms with Gasteiger partial charge in [-0.25, -0.2) is 0 Å². The molecule has 1 atom stereocenters.